The molecule has 4 saturated heterocycles. The average Bonchev–Trinajstić information content (AvgIpc) is 3.09. The summed E-state index contributed by atoms with van der Waals surface area (Å²) < 4.78 is 39.8. The van der Waals surface area contributed by atoms with E-state index in [-0.39, 0.29) is 0 Å². The topological polar surface area (TPSA) is 345 Å². The second-order valence-corrected chi connectivity index (χ2v) is 12.9. The number of ether oxygens (including phenoxy) is 7. The summed E-state index contributed by atoms with van der Waals surface area (Å²) in [5.41, 5.74) is 0. The molecule has 4 aliphatic rings. The third kappa shape index (κ3) is 9.13. The predicted molar refractivity (Wildman–Crippen MR) is 161 cm³/mol. The van der Waals surface area contributed by atoms with Gasteiger partial charge in [0.05, 0.1) is 38.6 Å². The molecule has 0 aliphatic carbocycles. The number of carbonyl (C=O) groups is 2. The van der Waals surface area contributed by atoms with E-state index in [1.807, 2.05) is 0 Å². The maximum atomic E-state index is 12.3. The van der Waals surface area contributed by atoms with E-state index in [2.05, 4.69) is 10.6 Å². The van der Waals surface area contributed by atoms with Crippen molar-refractivity contribution in [2.75, 3.05) is 26.4 Å². The first-order valence-electron chi connectivity index (χ1n) is 16.4. The molecule has 0 aromatic heterocycles. The number of hydrogen-bond donors (Lipinski definition) is 13. The molecular formula is C29H50N2O20. The van der Waals surface area contributed by atoms with Gasteiger partial charge in [0, 0.05) is 13.8 Å². The highest BCUT2D eigenvalue weighted by atomic mass is 16.8. The molecule has 296 valence electrons. The zero-order valence-electron chi connectivity index (χ0n) is 28.0. The molecule has 13 N–H and O–H groups in total. The second-order valence-electron chi connectivity index (χ2n) is 12.9. The lowest BCUT2D eigenvalue weighted by Gasteiger charge is -2.50. The fraction of sp³-hybridized carbons (Fsp3) is 0.931. The normalized spacial score (nSPS) is 47.8. The number of carbonyl (C=O) groups excluding carboxylic acids is 2. The number of aliphatic hydroxyl groups is 11. The number of hydrogen-bond acceptors (Lipinski definition) is 20. The van der Waals surface area contributed by atoms with Gasteiger partial charge in [-0.15, -0.1) is 0 Å². The summed E-state index contributed by atoms with van der Waals surface area (Å²) in [5.74, 6) is -1.20. The SMILES string of the molecule is CC(=O)NC1C(O)[C@H](O[C@@H]2OC(CO)[C@@H](O)C(O[C@H]3OC(CO)[C@@H](O)C(O)C3O)C2O)C(CO)O[C@H]1O[C@@H]1C(CO)O[C@@H](C)C(NC(C)=O)C1O. The fourth-order valence-electron chi connectivity index (χ4n) is 6.60. The molecule has 22 nitrogen and oxygen atoms in total. The Labute approximate surface area is 291 Å². The Morgan fingerprint density at radius 1 is 0.490 bits per heavy atom. The van der Waals surface area contributed by atoms with Crippen molar-refractivity contribution in [2.45, 2.75) is 143 Å². The van der Waals surface area contributed by atoms with Crippen LogP contribution in [0, 0.1) is 0 Å². The van der Waals surface area contributed by atoms with E-state index >= 15 is 0 Å². The van der Waals surface area contributed by atoms with Crippen LogP contribution in [0.3, 0.4) is 0 Å². The lowest BCUT2D eigenvalue weighted by molar-refractivity contribution is -0.378. The van der Waals surface area contributed by atoms with Gasteiger partial charge in [-0.2, -0.15) is 0 Å². The van der Waals surface area contributed by atoms with E-state index in [4.69, 9.17) is 33.2 Å². The molecule has 51 heavy (non-hydrogen) atoms. The van der Waals surface area contributed by atoms with E-state index in [1.54, 1.807) is 6.92 Å². The van der Waals surface area contributed by atoms with Crippen LogP contribution in [0.25, 0.3) is 0 Å². The molecule has 4 aliphatic heterocycles. The minimum absolute atomic E-state index is 0.500. The summed E-state index contributed by atoms with van der Waals surface area (Å²) in [6.07, 6.45) is -29.4. The minimum atomic E-state index is -2.01. The highest BCUT2D eigenvalue weighted by molar-refractivity contribution is 5.73. The van der Waals surface area contributed by atoms with Crippen LogP contribution in [-0.2, 0) is 42.7 Å². The molecule has 20 atom stereocenters. The zero-order chi connectivity index (χ0) is 37.9. The van der Waals surface area contributed by atoms with Crippen molar-refractivity contribution in [1.82, 2.24) is 10.6 Å². The first-order chi connectivity index (χ1) is 24.1. The zero-order valence-corrected chi connectivity index (χ0v) is 28.0. The van der Waals surface area contributed by atoms with Crippen LogP contribution in [0.5, 0.6) is 0 Å². The first kappa shape index (κ1) is 42.0. The molecule has 0 saturated carbocycles. The second kappa shape index (κ2) is 18.0. The smallest absolute Gasteiger partial charge is 0.217 e. The molecule has 4 fully saturated rings. The lowest BCUT2D eigenvalue weighted by Crippen LogP contribution is -2.70. The Morgan fingerprint density at radius 2 is 0.902 bits per heavy atom. The molecule has 0 radical (unpaired) electrons. The molecule has 4 rings (SSSR count). The van der Waals surface area contributed by atoms with Crippen molar-refractivity contribution < 1.29 is 98.9 Å². The third-order valence-corrected chi connectivity index (χ3v) is 9.28. The average molecular weight is 747 g/mol. The summed E-state index contributed by atoms with van der Waals surface area (Å²) in [5, 5.41) is 120. The Kier molecular flexibility index (Phi) is 14.8. The Morgan fingerprint density at radius 3 is 1.43 bits per heavy atom. The predicted octanol–water partition coefficient (Wildman–Crippen LogP) is -8.39. The lowest BCUT2D eigenvalue weighted by atomic mass is 9.92. The largest absolute Gasteiger partial charge is 0.394 e. The van der Waals surface area contributed by atoms with E-state index in [0.29, 0.717) is 0 Å². The van der Waals surface area contributed by atoms with Crippen LogP contribution in [-0.4, -0.2) is 217 Å². The standard InChI is InChI=1S/C29H50N2O20/c1-8-15(30-9(2)36)19(40)24(13(6-34)45-8)49-27-16(31-10(3)37)20(41)25(14(7-35)48-27)50-29-23(44)26(18(39)12(5-33)47-29)51-28-22(43)21(42)17(38)11(4-32)46-28/h8,11-29,32-35,38-44H,4-7H2,1-3H3,(H,30,36)(H,31,37)/t8-,11?,12?,13?,14?,15?,16?,17+,18+,19?,20?,21?,22?,23?,24+,25+,26?,27-,28+,29-/m0/s1. The fourth-order valence-corrected chi connectivity index (χ4v) is 6.60. The Hall–Kier alpha value is -1.78. The van der Waals surface area contributed by atoms with Crippen LogP contribution < -0.4 is 10.6 Å². The van der Waals surface area contributed by atoms with Crippen LogP contribution in [0.4, 0.5) is 0 Å². The Balaban J connectivity index is 1.56. The van der Waals surface area contributed by atoms with Crippen molar-refractivity contribution in [2.24, 2.45) is 0 Å². The van der Waals surface area contributed by atoms with Crippen LogP contribution >= 0.6 is 0 Å². The van der Waals surface area contributed by atoms with Gasteiger partial charge in [0.15, 0.2) is 18.9 Å². The third-order valence-electron chi connectivity index (χ3n) is 9.28. The van der Waals surface area contributed by atoms with Gasteiger partial charge in [-0.3, -0.25) is 9.59 Å². The van der Waals surface area contributed by atoms with E-state index in [9.17, 15) is 65.8 Å². The van der Waals surface area contributed by atoms with Gasteiger partial charge in [0.1, 0.15) is 91.5 Å². The minimum Gasteiger partial charge on any atom is -0.394 e. The van der Waals surface area contributed by atoms with E-state index < -0.39 is 161 Å². The van der Waals surface area contributed by atoms with Gasteiger partial charge in [-0.1, -0.05) is 0 Å². The maximum Gasteiger partial charge on any atom is 0.217 e. The molecule has 0 bridgehead atoms. The summed E-state index contributed by atoms with van der Waals surface area (Å²) in [6.45, 7) is 0.642. The molecule has 0 aromatic carbocycles. The molecule has 0 aromatic rings. The molecular weight excluding hydrogens is 696 g/mol. The summed E-state index contributed by atoms with van der Waals surface area (Å²) >= 11 is 0. The van der Waals surface area contributed by atoms with Gasteiger partial charge in [0.25, 0.3) is 0 Å². The van der Waals surface area contributed by atoms with Gasteiger partial charge in [-0.25, -0.2) is 0 Å². The van der Waals surface area contributed by atoms with Gasteiger partial charge < -0.3 is 100.0 Å². The highest BCUT2D eigenvalue weighted by Crippen LogP contribution is 2.34. The summed E-state index contributed by atoms with van der Waals surface area (Å²) in [4.78, 5) is 24.0. The first-order valence-corrected chi connectivity index (χ1v) is 16.4. The molecule has 22 heteroatoms. The molecule has 0 spiro atoms. The number of rotatable bonds is 12. The van der Waals surface area contributed by atoms with Crippen molar-refractivity contribution >= 4 is 11.8 Å². The number of nitrogens with one attached hydrogen (secondary N) is 2. The summed E-state index contributed by atoms with van der Waals surface area (Å²) in [7, 11) is 0. The van der Waals surface area contributed by atoms with Crippen molar-refractivity contribution in [3.63, 3.8) is 0 Å². The number of aliphatic hydroxyl groups excluding tert-OH is 11. The highest BCUT2D eigenvalue weighted by Gasteiger charge is 2.55. The van der Waals surface area contributed by atoms with Crippen LogP contribution in [0.1, 0.15) is 20.8 Å². The maximum absolute atomic E-state index is 12.3. The van der Waals surface area contributed by atoms with Crippen molar-refractivity contribution in [3.05, 3.63) is 0 Å². The number of amides is 2. The quantitative estimate of drug-likeness (QED) is 0.0881. The molecule has 12 unspecified atom stereocenters. The molecule has 2 amide bonds. The van der Waals surface area contributed by atoms with Crippen molar-refractivity contribution in [3.8, 4) is 0 Å². The van der Waals surface area contributed by atoms with Gasteiger partial charge >= 0.3 is 0 Å². The van der Waals surface area contributed by atoms with E-state index in [0.717, 1.165) is 6.92 Å². The van der Waals surface area contributed by atoms with Gasteiger partial charge in [-0.05, 0) is 6.92 Å². The Bertz CT molecular complexity index is 1140. The molecule has 4 heterocycles. The van der Waals surface area contributed by atoms with Crippen molar-refractivity contribution in [1.29, 1.82) is 0 Å². The van der Waals surface area contributed by atoms with Gasteiger partial charge in [0.2, 0.25) is 11.8 Å². The summed E-state index contributed by atoms with van der Waals surface area (Å²) in [6, 6.07) is -2.54. The monoisotopic (exact) mass is 746 g/mol. The van der Waals surface area contributed by atoms with Crippen LogP contribution in [0.15, 0.2) is 0 Å². The van der Waals surface area contributed by atoms with E-state index in [1.165, 1.54) is 6.92 Å². The van der Waals surface area contributed by atoms with Crippen LogP contribution in [0.2, 0.25) is 0 Å².